The monoisotopic (exact) mass is 422 g/mol. The summed E-state index contributed by atoms with van der Waals surface area (Å²) in [7, 11) is 4.54. The first-order valence-electron chi connectivity index (χ1n) is 8.90. The van der Waals surface area contributed by atoms with Gasteiger partial charge in [-0.2, -0.15) is 5.10 Å². The Kier molecular flexibility index (Phi) is 5.44. The molecule has 0 unspecified atom stereocenters. The highest BCUT2D eigenvalue weighted by Crippen LogP contribution is 2.39. The number of nitrogens with zero attached hydrogens (tertiary/aromatic N) is 4. The van der Waals surface area contributed by atoms with Crippen LogP contribution in [0.5, 0.6) is 17.2 Å². The maximum atomic E-state index is 13.6. The highest BCUT2D eigenvalue weighted by molar-refractivity contribution is 7.13. The number of carbonyl (C=O) groups is 1. The number of benzene rings is 2. The maximum Gasteiger partial charge on any atom is 0.203 e. The molecule has 0 aliphatic carbocycles. The van der Waals surface area contributed by atoms with Gasteiger partial charge in [-0.25, -0.2) is 14.6 Å². The third-order valence-electron chi connectivity index (χ3n) is 4.52. The lowest BCUT2D eigenvalue weighted by atomic mass is 9.97. The third kappa shape index (κ3) is 3.50. The molecule has 8 nitrogen and oxygen atoms in total. The molecule has 2 aromatic heterocycles. The van der Waals surface area contributed by atoms with Crippen molar-refractivity contribution in [3.8, 4) is 33.5 Å². The Morgan fingerprint density at radius 3 is 2.37 bits per heavy atom. The first-order valence-corrected chi connectivity index (χ1v) is 9.77. The van der Waals surface area contributed by atoms with E-state index >= 15 is 0 Å². The molecule has 4 aromatic rings. The van der Waals surface area contributed by atoms with Crippen molar-refractivity contribution in [1.82, 2.24) is 19.7 Å². The summed E-state index contributed by atoms with van der Waals surface area (Å²) < 4.78 is 17.8. The van der Waals surface area contributed by atoms with Crippen LogP contribution in [0.15, 0.2) is 54.6 Å². The summed E-state index contributed by atoms with van der Waals surface area (Å²) >= 11 is 1.46. The molecule has 0 fully saturated rings. The van der Waals surface area contributed by atoms with E-state index in [2.05, 4.69) is 15.1 Å². The van der Waals surface area contributed by atoms with E-state index in [0.29, 0.717) is 34.1 Å². The Morgan fingerprint density at radius 2 is 1.80 bits per heavy atom. The molecule has 0 saturated heterocycles. The van der Waals surface area contributed by atoms with Crippen molar-refractivity contribution in [3.05, 3.63) is 65.7 Å². The summed E-state index contributed by atoms with van der Waals surface area (Å²) in [5.41, 5.74) is 2.32. The second kappa shape index (κ2) is 8.34. The summed E-state index contributed by atoms with van der Waals surface area (Å²) in [5, 5.41) is 6.77. The van der Waals surface area contributed by atoms with Gasteiger partial charge in [-0.3, -0.25) is 4.79 Å². The van der Waals surface area contributed by atoms with Gasteiger partial charge in [-0.15, -0.1) is 11.3 Å². The lowest BCUT2D eigenvalue weighted by Crippen LogP contribution is -2.07. The number of hydrogen-bond acceptors (Lipinski definition) is 8. The molecular weight excluding hydrogens is 404 g/mol. The minimum absolute atomic E-state index is 0.207. The molecule has 9 heteroatoms. The summed E-state index contributed by atoms with van der Waals surface area (Å²) in [6.07, 6.45) is 4.72. The largest absolute Gasteiger partial charge is 0.493 e. The van der Waals surface area contributed by atoms with Gasteiger partial charge in [0.25, 0.3) is 0 Å². The maximum absolute atomic E-state index is 13.6. The van der Waals surface area contributed by atoms with Crippen LogP contribution in [0.1, 0.15) is 15.9 Å². The molecule has 0 radical (unpaired) electrons. The topological polar surface area (TPSA) is 88.4 Å². The van der Waals surface area contributed by atoms with Crippen molar-refractivity contribution in [3.63, 3.8) is 0 Å². The molecule has 2 heterocycles. The van der Waals surface area contributed by atoms with E-state index in [4.69, 9.17) is 14.2 Å². The molecule has 152 valence electrons. The number of carbonyl (C=O) groups excluding carboxylic acids is 1. The second-order valence-electron chi connectivity index (χ2n) is 6.15. The van der Waals surface area contributed by atoms with Crippen LogP contribution in [0.3, 0.4) is 0 Å². The molecule has 2 aromatic carbocycles. The van der Waals surface area contributed by atoms with Gasteiger partial charge in [0.2, 0.25) is 5.75 Å². The van der Waals surface area contributed by atoms with Crippen LogP contribution in [-0.4, -0.2) is 46.9 Å². The Labute approximate surface area is 176 Å². The predicted octanol–water partition coefficient (Wildman–Crippen LogP) is 3.65. The first kappa shape index (κ1) is 19.6. The molecule has 4 rings (SSSR count). The summed E-state index contributed by atoms with van der Waals surface area (Å²) in [5.74, 6) is 1.03. The van der Waals surface area contributed by atoms with Gasteiger partial charge in [0, 0.05) is 28.3 Å². The number of hydrogen-bond donors (Lipinski definition) is 0. The highest BCUT2D eigenvalue weighted by atomic mass is 32.1. The fraction of sp³-hybridized carbons (Fsp3) is 0.143. The number of rotatable bonds is 7. The van der Waals surface area contributed by atoms with Crippen LogP contribution >= 0.6 is 11.3 Å². The third-order valence-corrected chi connectivity index (χ3v) is 5.33. The highest BCUT2D eigenvalue weighted by Gasteiger charge is 2.22. The van der Waals surface area contributed by atoms with Gasteiger partial charge in [-0.1, -0.05) is 0 Å². The van der Waals surface area contributed by atoms with Crippen LogP contribution in [-0.2, 0) is 0 Å². The summed E-state index contributed by atoms with van der Waals surface area (Å²) in [4.78, 5) is 21.9. The number of ether oxygens (including phenoxy) is 3. The van der Waals surface area contributed by atoms with Crippen molar-refractivity contribution in [2.24, 2.45) is 0 Å². The zero-order valence-electron chi connectivity index (χ0n) is 16.5. The molecule has 0 bridgehead atoms. The fourth-order valence-corrected chi connectivity index (χ4v) is 3.79. The lowest BCUT2D eigenvalue weighted by molar-refractivity contribution is 0.103. The number of ketones is 1. The van der Waals surface area contributed by atoms with E-state index in [0.717, 1.165) is 10.6 Å². The number of aromatic nitrogens is 4. The summed E-state index contributed by atoms with van der Waals surface area (Å²) in [6.45, 7) is 0. The van der Waals surface area contributed by atoms with Gasteiger partial charge in [0.15, 0.2) is 17.3 Å². The SMILES string of the molecule is COc1cc(C(=O)c2cc(-n3cncn3)ccc2-c2nccs2)cc(OC)c1OC. The van der Waals surface area contributed by atoms with E-state index in [1.165, 1.54) is 39.0 Å². The van der Waals surface area contributed by atoms with Gasteiger partial charge in [0.1, 0.15) is 17.7 Å². The van der Waals surface area contributed by atoms with Crippen LogP contribution in [0.4, 0.5) is 0 Å². The molecular formula is C21H18N4O4S. The summed E-state index contributed by atoms with van der Waals surface area (Å²) in [6, 6.07) is 8.78. The van der Waals surface area contributed by atoms with E-state index < -0.39 is 0 Å². The predicted molar refractivity (Wildman–Crippen MR) is 112 cm³/mol. The van der Waals surface area contributed by atoms with E-state index in [1.54, 1.807) is 35.4 Å². The molecule has 0 aliphatic rings. The van der Waals surface area contributed by atoms with Crippen molar-refractivity contribution in [1.29, 1.82) is 0 Å². The molecule has 0 N–H and O–H groups in total. The van der Waals surface area contributed by atoms with Crippen molar-refractivity contribution >= 4 is 17.1 Å². The standard InChI is InChI=1S/C21H18N4O4S/c1-27-17-8-13(9-18(28-2)20(17)29-3)19(26)16-10-14(25-12-22-11-24-25)4-5-15(16)21-23-6-7-30-21/h4-12H,1-3H3. The molecule has 0 amide bonds. The van der Waals surface area contributed by atoms with Crippen LogP contribution < -0.4 is 14.2 Å². The smallest absolute Gasteiger partial charge is 0.203 e. The van der Waals surface area contributed by atoms with Crippen molar-refractivity contribution in [2.45, 2.75) is 0 Å². The van der Waals surface area contributed by atoms with Crippen LogP contribution in [0.2, 0.25) is 0 Å². The zero-order chi connectivity index (χ0) is 21.1. The number of methoxy groups -OCH3 is 3. The van der Waals surface area contributed by atoms with Gasteiger partial charge in [0.05, 0.1) is 27.0 Å². The first-order chi connectivity index (χ1) is 14.7. The number of thiazole rings is 1. The zero-order valence-corrected chi connectivity index (χ0v) is 17.3. The lowest BCUT2D eigenvalue weighted by Gasteiger charge is -2.15. The minimum atomic E-state index is -0.207. The Balaban J connectivity index is 1.88. The van der Waals surface area contributed by atoms with E-state index in [9.17, 15) is 4.79 Å². The molecule has 0 spiro atoms. The fourth-order valence-electron chi connectivity index (χ4n) is 3.11. The van der Waals surface area contributed by atoms with Crippen molar-refractivity contribution < 1.29 is 19.0 Å². The van der Waals surface area contributed by atoms with E-state index in [1.807, 2.05) is 17.5 Å². The quantitative estimate of drug-likeness (QED) is 0.420. The Morgan fingerprint density at radius 1 is 1.03 bits per heavy atom. The van der Waals surface area contributed by atoms with Crippen LogP contribution in [0.25, 0.3) is 16.3 Å². The van der Waals surface area contributed by atoms with E-state index in [-0.39, 0.29) is 5.78 Å². The molecule has 0 atom stereocenters. The second-order valence-corrected chi connectivity index (χ2v) is 7.04. The minimum Gasteiger partial charge on any atom is -0.493 e. The average molecular weight is 422 g/mol. The Bertz CT molecular complexity index is 1150. The Hall–Kier alpha value is -3.72. The molecule has 0 aliphatic heterocycles. The van der Waals surface area contributed by atoms with Gasteiger partial charge >= 0.3 is 0 Å². The van der Waals surface area contributed by atoms with Gasteiger partial charge in [-0.05, 0) is 30.3 Å². The average Bonchev–Trinajstić information content (AvgIpc) is 3.51. The molecule has 0 saturated carbocycles. The molecule has 30 heavy (non-hydrogen) atoms. The van der Waals surface area contributed by atoms with Crippen LogP contribution in [0, 0.1) is 0 Å². The normalized spacial score (nSPS) is 10.6. The van der Waals surface area contributed by atoms with Crippen molar-refractivity contribution in [2.75, 3.05) is 21.3 Å². The van der Waals surface area contributed by atoms with Gasteiger partial charge < -0.3 is 14.2 Å².